The van der Waals surface area contributed by atoms with Crippen LogP contribution in [0.5, 0.6) is 0 Å². The number of hydrogen-bond acceptors (Lipinski definition) is 3. The summed E-state index contributed by atoms with van der Waals surface area (Å²) in [5.41, 5.74) is 5.62. The molecule has 5 heteroatoms. The summed E-state index contributed by atoms with van der Waals surface area (Å²) >= 11 is 0. The van der Waals surface area contributed by atoms with E-state index in [4.69, 9.17) is 5.73 Å². The molecule has 1 fully saturated rings. The van der Waals surface area contributed by atoms with Crippen LogP contribution in [0.3, 0.4) is 0 Å². The maximum Gasteiger partial charge on any atom is 0.326 e. The molecule has 0 aliphatic carbocycles. The summed E-state index contributed by atoms with van der Waals surface area (Å²) < 4.78 is 0. The van der Waals surface area contributed by atoms with E-state index in [1.807, 2.05) is 6.92 Å². The average molecular weight is 256 g/mol. The maximum atomic E-state index is 12.0. The van der Waals surface area contributed by atoms with Crippen LogP contribution in [0.15, 0.2) is 0 Å². The molecule has 1 amide bonds. The minimum absolute atomic E-state index is 0.0228. The number of piperidine rings is 1. The second-order valence-corrected chi connectivity index (χ2v) is 5.26. The first-order valence-corrected chi connectivity index (χ1v) is 6.73. The molecule has 18 heavy (non-hydrogen) atoms. The Hall–Kier alpha value is -1.10. The lowest BCUT2D eigenvalue weighted by molar-refractivity contribution is -0.153. The minimum Gasteiger partial charge on any atom is -0.480 e. The highest BCUT2D eigenvalue weighted by Gasteiger charge is 2.35. The van der Waals surface area contributed by atoms with Crippen molar-refractivity contribution in [3.63, 3.8) is 0 Å². The highest BCUT2D eigenvalue weighted by atomic mass is 16.4. The molecule has 0 aromatic rings. The van der Waals surface area contributed by atoms with Crippen molar-refractivity contribution in [2.75, 3.05) is 6.54 Å². The van der Waals surface area contributed by atoms with Gasteiger partial charge in [0.2, 0.25) is 5.91 Å². The molecule has 0 bridgehead atoms. The third kappa shape index (κ3) is 3.98. The van der Waals surface area contributed by atoms with Gasteiger partial charge >= 0.3 is 5.97 Å². The van der Waals surface area contributed by atoms with E-state index < -0.39 is 12.0 Å². The number of nitrogens with zero attached hydrogens (tertiary/aromatic N) is 1. The standard InChI is InChI=1S/C13H24N2O3/c1-3-10-6-7-15(11(8-10)13(17)18)12(16)5-4-9(2)14/h9-11H,3-8,14H2,1-2H3,(H,17,18). The molecular weight excluding hydrogens is 232 g/mol. The number of likely N-dealkylation sites (tertiary alicyclic amines) is 1. The number of carbonyl (C=O) groups is 2. The summed E-state index contributed by atoms with van der Waals surface area (Å²) in [7, 11) is 0. The third-order valence-corrected chi connectivity index (χ3v) is 3.71. The third-order valence-electron chi connectivity index (χ3n) is 3.71. The predicted molar refractivity (Wildman–Crippen MR) is 69.0 cm³/mol. The zero-order valence-electron chi connectivity index (χ0n) is 11.3. The fourth-order valence-corrected chi connectivity index (χ4v) is 2.44. The van der Waals surface area contributed by atoms with Gasteiger partial charge < -0.3 is 15.7 Å². The lowest BCUT2D eigenvalue weighted by Gasteiger charge is -2.37. The van der Waals surface area contributed by atoms with E-state index >= 15 is 0 Å². The highest BCUT2D eigenvalue weighted by molar-refractivity contribution is 5.83. The van der Waals surface area contributed by atoms with Gasteiger partial charge in [0.05, 0.1) is 0 Å². The van der Waals surface area contributed by atoms with Crippen molar-refractivity contribution >= 4 is 11.9 Å². The monoisotopic (exact) mass is 256 g/mol. The molecule has 1 aliphatic rings. The Morgan fingerprint density at radius 1 is 1.50 bits per heavy atom. The second kappa shape index (κ2) is 6.73. The van der Waals surface area contributed by atoms with Crippen LogP contribution in [-0.2, 0) is 9.59 Å². The fraction of sp³-hybridized carbons (Fsp3) is 0.846. The number of carboxylic acid groups (broad SMARTS) is 1. The molecule has 0 radical (unpaired) electrons. The van der Waals surface area contributed by atoms with Crippen molar-refractivity contribution in [3.8, 4) is 0 Å². The van der Waals surface area contributed by atoms with Crippen molar-refractivity contribution in [1.82, 2.24) is 4.90 Å². The zero-order valence-corrected chi connectivity index (χ0v) is 11.3. The first-order valence-electron chi connectivity index (χ1n) is 6.73. The summed E-state index contributed by atoms with van der Waals surface area (Å²) in [6, 6.07) is -0.672. The maximum absolute atomic E-state index is 12.0. The molecule has 0 saturated carbocycles. The number of carbonyl (C=O) groups excluding carboxylic acids is 1. The number of hydrogen-bond donors (Lipinski definition) is 2. The van der Waals surface area contributed by atoms with Crippen molar-refractivity contribution in [3.05, 3.63) is 0 Å². The number of nitrogens with two attached hydrogens (primary N) is 1. The molecule has 1 saturated heterocycles. The summed E-state index contributed by atoms with van der Waals surface area (Å²) in [5, 5.41) is 9.23. The molecule has 0 spiro atoms. The van der Waals surface area contributed by atoms with Gasteiger partial charge in [0, 0.05) is 19.0 Å². The zero-order chi connectivity index (χ0) is 13.7. The van der Waals surface area contributed by atoms with Crippen molar-refractivity contribution in [1.29, 1.82) is 0 Å². The van der Waals surface area contributed by atoms with Crippen LogP contribution in [0.2, 0.25) is 0 Å². The molecule has 0 aromatic heterocycles. The Labute approximate surface area is 108 Å². The van der Waals surface area contributed by atoms with Gasteiger partial charge in [0.15, 0.2) is 0 Å². The summed E-state index contributed by atoms with van der Waals surface area (Å²) in [6.07, 6.45) is 3.42. The molecule has 1 heterocycles. The lowest BCUT2D eigenvalue weighted by atomic mass is 9.88. The Morgan fingerprint density at radius 2 is 2.17 bits per heavy atom. The van der Waals surface area contributed by atoms with E-state index in [1.165, 1.54) is 4.90 Å². The van der Waals surface area contributed by atoms with Crippen LogP contribution >= 0.6 is 0 Å². The van der Waals surface area contributed by atoms with E-state index in [2.05, 4.69) is 6.92 Å². The van der Waals surface area contributed by atoms with Crippen LogP contribution in [0.4, 0.5) is 0 Å². The Bertz CT molecular complexity index is 305. The van der Waals surface area contributed by atoms with E-state index in [9.17, 15) is 14.7 Å². The quantitative estimate of drug-likeness (QED) is 0.774. The molecule has 104 valence electrons. The summed E-state index contributed by atoms with van der Waals surface area (Å²) in [6.45, 7) is 4.48. The molecule has 3 N–H and O–H groups in total. The van der Waals surface area contributed by atoms with Crippen molar-refractivity contribution in [2.24, 2.45) is 11.7 Å². The van der Waals surface area contributed by atoms with E-state index in [-0.39, 0.29) is 11.9 Å². The molecule has 1 aliphatic heterocycles. The Morgan fingerprint density at radius 3 is 2.67 bits per heavy atom. The lowest BCUT2D eigenvalue weighted by Crippen LogP contribution is -2.50. The Balaban J connectivity index is 2.62. The SMILES string of the molecule is CCC1CCN(C(=O)CCC(C)N)C(C(=O)O)C1. The number of aliphatic carboxylic acids is 1. The van der Waals surface area contributed by atoms with Crippen LogP contribution in [0.1, 0.15) is 46.0 Å². The average Bonchev–Trinajstić information content (AvgIpc) is 2.34. The summed E-state index contributed by atoms with van der Waals surface area (Å²) in [4.78, 5) is 24.8. The van der Waals surface area contributed by atoms with Crippen molar-refractivity contribution in [2.45, 2.75) is 58.0 Å². The van der Waals surface area contributed by atoms with Gasteiger partial charge in [-0.1, -0.05) is 13.3 Å². The van der Waals surface area contributed by atoms with E-state index in [0.717, 1.165) is 12.8 Å². The van der Waals surface area contributed by atoms with Gasteiger partial charge in [-0.25, -0.2) is 4.79 Å². The van der Waals surface area contributed by atoms with Gasteiger partial charge in [-0.15, -0.1) is 0 Å². The van der Waals surface area contributed by atoms with Gasteiger partial charge in [-0.05, 0) is 32.1 Å². The summed E-state index contributed by atoms with van der Waals surface area (Å²) in [5.74, 6) is -0.542. The number of amides is 1. The molecular formula is C13H24N2O3. The van der Waals surface area contributed by atoms with Gasteiger partial charge in [0.25, 0.3) is 0 Å². The van der Waals surface area contributed by atoms with Crippen LogP contribution in [0.25, 0.3) is 0 Å². The van der Waals surface area contributed by atoms with Gasteiger partial charge in [0.1, 0.15) is 6.04 Å². The van der Waals surface area contributed by atoms with Gasteiger partial charge in [-0.3, -0.25) is 4.79 Å². The first-order chi connectivity index (χ1) is 8.45. The predicted octanol–water partition coefficient (Wildman–Crippen LogP) is 1.22. The fourth-order valence-electron chi connectivity index (χ4n) is 2.44. The minimum atomic E-state index is -0.887. The van der Waals surface area contributed by atoms with Crippen LogP contribution in [-0.4, -0.2) is 40.5 Å². The number of carboxylic acids is 1. The second-order valence-electron chi connectivity index (χ2n) is 5.26. The Kier molecular flexibility index (Phi) is 5.59. The highest BCUT2D eigenvalue weighted by Crippen LogP contribution is 2.26. The topological polar surface area (TPSA) is 83.6 Å². The van der Waals surface area contributed by atoms with E-state index in [0.29, 0.717) is 31.7 Å². The molecule has 3 unspecified atom stereocenters. The molecule has 1 rings (SSSR count). The first kappa shape index (κ1) is 15.0. The van der Waals surface area contributed by atoms with Crippen LogP contribution in [0, 0.1) is 5.92 Å². The normalized spacial score (nSPS) is 25.8. The molecule has 3 atom stereocenters. The largest absolute Gasteiger partial charge is 0.480 e. The van der Waals surface area contributed by atoms with Crippen LogP contribution < -0.4 is 5.73 Å². The van der Waals surface area contributed by atoms with E-state index in [1.54, 1.807) is 0 Å². The smallest absolute Gasteiger partial charge is 0.326 e. The molecule has 5 nitrogen and oxygen atoms in total. The van der Waals surface area contributed by atoms with Gasteiger partial charge in [-0.2, -0.15) is 0 Å². The van der Waals surface area contributed by atoms with Crippen molar-refractivity contribution < 1.29 is 14.7 Å². The number of rotatable bonds is 5. The molecule has 0 aromatic carbocycles.